The molecule has 2 heterocycles. The predicted molar refractivity (Wildman–Crippen MR) is 127 cm³/mol. The van der Waals surface area contributed by atoms with Crippen LogP contribution >= 0.6 is 0 Å². The number of carbonyl (C=O) groups is 2. The van der Waals surface area contributed by atoms with E-state index in [-0.39, 0.29) is 28.7 Å². The molecular weight excluding hydrogens is 495 g/mol. The van der Waals surface area contributed by atoms with Crippen molar-refractivity contribution in [3.05, 3.63) is 83.4 Å². The lowest BCUT2D eigenvalue weighted by Gasteiger charge is -2.23. The fourth-order valence-electron chi connectivity index (χ4n) is 3.36. The molecule has 0 unspecified atom stereocenters. The van der Waals surface area contributed by atoms with E-state index in [2.05, 4.69) is 15.3 Å². The maximum absolute atomic E-state index is 13.0. The van der Waals surface area contributed by atoms with Gasteiger partial charge in [0, 0.05) is 6.20 Å². The topological polar surface area (TPSA) is 106 Å². The Morgan fingerprint density at radius 2 is 1.58 bits per heavy atom. The van der Waals surface area contributed by atoms with E-state index in [0.717, 1.165) is 12.3 Å². The van der Waals surface area contributed by atoms with Crippen LogP contribution in [0.5, 0.6) is 0 Å². The number of anilines is 1. The van der Waals surface area contributed by atoms with Gasteiger partial charge in [0.05, 0.1) is 34.4 Å². The van der Waals surface area contributed by atoms with Crippen molar-refractivity contribution >= 4 is 27.2 Å². The van der Waals surface area contributed by atoms with Crippen molar-refractivity contribution in [2.24, 2.45) is 0 Å². The van der Waals surface area contributed by atoms with Crippen molar-refractivity contribution in [1.82, 2.24) is 9.97 Å². The first-order valence-corrected chi connectivity index (χ1v) is 12.6. The number of rotatable bonds is 8. The highest BCUT2D eigenvalue weighted by Gasteiger charge is 2.35. The second kappa shape index (κ2) is 10.2. The molecule has 0 aliphatic heterocycles. The normalized spacial score (nSPS) is 12.3. The number of nitrogens with zero attached hydrogens (tertiary/aromatic N) is 2. The number of Topliss-reactive ketones (excluding diaryl/α,β-unsaturated/α-hetero) is 1. The van der Waals surface area contributed by atoms with Crippen molar-refractivity contribution in [2.75, 3.05) is 11.1 Å². The smallest absolute Gasteiger partial charge is 0.324 e. The Hall–Kier alpha value is -3.60. The molecule has 0 bridgehead atoms. The Bertz CT molecular complexity index is 1350. The highest BCUT2D eigenvalue weighted by Crippen LogP contribution is 2.31. The number of hydrogen-bond acceptors (Lipinski definition) is 6. The van der Waals surface area contributed by atoms with Crippen LogP contribution in [-0.4, -0.2) is 35.8 Å². The molecule has 11 heteroatoms. The first-order valence-electron chi connectivity index (χ1n) is 10.9. The summed E-state index contributed by atoms with van der Waals surface area (Å²) in [4.78, 5) is 33.1. The number of halogens is 3. The van der Waals surface area contributed by atoms with Gasteiger partial charge in [-0.3, -0.25) is 19.6 Å². The number of aromatic nitrogens is 2. The Morgan fingerprint density at radius 3 is 2.08 bits per heavy atom. The van der Waals surface area contributed by atoms with Gasteiger partial charge in [-0.1, -0.05) is 25.1 Å². The van der Waals surface area contributed by atoms with Gasteiger partial charge < -0.3 is 5.32 Å². The quantitative estimate of drug-likeness (QED) is 0.435. The molecule has 1 aromatic carbocycles. The third-order valence-electron chi connectivity index (χ3n) is 5.65. The van der Waals surface area contributed by atoms with Crippen LogP contribution in [-0.2, 0) is 32.6 Å². The lowest BCUT2D eigenvalue weighted by molar-refractivity contribution is -0.141. The number of alkyl halides is 3. The number of hydrogen-bond donors (Lipinski definition) is 1. The third kappa shape index (κ3) is 6.14. The van der Waals surface area contributed by atoms with Gasteiger partial charge >= 0.3 is 6.18 Å². The molecule has 36 heavy (non-hydrogen) atoms. The molecule has 3 aromatic rings. The maximum atomic E-state index is 13.0. The average molecular weight is 520 g/mol. The van der Waals surface area contributed by atoms with Crippen molar-refractivity contribution in [3.63, 3.8) is 0 Å². The average Bonchev–Trinajstić information content (AvgIpc) is 2.84. The summed E-state index contributed by atoms with van der Waals surface area (Å²) in [6, 6.07) is 11.0. The first-order chi connectivity index (χ1) is 16.7. The molecule has 0 radical (unpaired) electrons. The lowest BCUT2D eigenvalue weighted by atomic mass is 9.80. The second-order valence-corrected chi connectivity index (χ2v) is 10.9. The number of benzene rings is 1. The van der Waals surface area contributed by atoms with Crippen LogP contribution in [0.2, 0.25) is 0 Å². The monoisotopic (exact) mass is 519 g/mol. The van der Waals surface area contributed by atoms with Crippen molar-refractivity contribution in [3.8, 4) is 0 Å². The summed E-state index contributed by atoms with van der Waals surface area (Å²) in [5, 5.41) is 2.66. The third-order valence-corrected chi connectivity index (χ3v) is 7.40. The SMILES string of the molecule is CCS(=O)(=O)c1ccc(CC(=O)Nc2ccc(C(=O)C(C)(C)c3ccc(C(F)(F)F)nc3)nc2)cc1. The Morgan fingerprint density at radius 1 is 0.917 bits per heavy atom. The zero-order chi connectivity index (χ0) is 26.7. The molecule has 0 fully saturated rings. The fraction of sp³-hybridized carbons (Fsp3) is 0.280. The fourth-order valence-corrected chi connectivity index (χ4v) is 4.24. The van der Waals surface area contributed by atoms with Gasteiger partial charge in [0.1, 0.15) is 11.4 Å². The Balaban J connectivity index is 1.65. The number of nitrogens with one attached hydrogen (secondary N) is 1. The van der Waals surface area contributed by atoms with E-state index in [4.69, 9.17) is 0 Å². The standard InChI is InChI=1S/C25H24F3N3O4S/c1-4-36(34,35)19-9-5-16(6-10-19)13-22(32)31-18-8-11-20(29-15-18)23(33)24(2,3)17-7-12-21(30-14-17)25(26,27)28/h5-12,14-15H,4,13H2,1-3H3,(H,31,32). The second-order valence-electron chi connectivity index (χ2n) is 8.59. The molecule has 0 spiro atoms. The number of pyridine rings is 2. The van der Waals surface area contributed by atoms with Gasteiger partial charge in [-0.2, -0.15) is 13.2 Å². The first kappa shape index (κ1) is 27.0. The number of ketones is 1. The van der Waals surface area contributed by atoms with Crippen LogP contribution in [0.1, 0.15) is 48.1 Å². The summed E-state index contributed by atoms with van der Waals surface area (Å²) in [6.45, 7) is 4.68. The molecule has 3 rings (SSSR count). The minimum absolute atomic E-state index is 0.00108. The molecule has 0 aliphatic carbocycles. The van der Waals surface area contributed by atoms with E-state index in [9.17, 15) is 31.2 Å². The Labute approximate surface area is 206 Å². The predicted octanol–water partition coefficient (Wildman–Crippen LogP) is 4.63. The highest BCUT2D eigenvalue weighted by molar-refractivity contribution is 7.91. The summed E-state index contributed by atoms with van der Waals surface area (Å²) in [5.74, 6) is -0.807. The summed E-state index contributed by atoms with van der Waals surface area (Å²) in [5.41, 5.74) is -0.894. The van der Waals surface area contributed by atoms with Gasteiger partial charge in [0.25, 0.3) is 0 Å². The summed E-state index contributed by atoms with van der Waals surface area (Å²) in [7, 11) is -3.32. The van der Waals surface area contributed by atoms with Crippen LogP contribution in [0.25, 0.3) is 0 Å². The minimum atomic E-state index is -4.58. The molecule has 0 saturated heterocycles. The van der Waals surface area contributed by atoms with E-state index in [1.165, 1.54) is 36.5 Å². The van der Waals surface area contributed by atoms with Crippen LogP contribution in [0.4, 0.5) is 18.9 Å². The molecule has 1 amide bonds. The molecule has 0 saturated carbocycles. The largest absolute Gasteiger partial charge is 0.433 e. The van der Waals surface area contributed by atoms with Gasteiger partial charge in [-0.15, -0.1) is 0 Å². The lowest BCUT2D eigenvalue weighted by Crippen LogP contribution is -2.30. The zero-order valence-electron chi connectivity index (χ0n) is 19.8. The molecule has 1 N–H and O–H groups in total. The van der Waals surface area contributed by atoms with E-state index in [1.807, 2.05) is 0 Å². The van der Waals surface area contributed by atoms with Gasteiger partial charge in [0.15, 0.2) is 15.6 Å². The minimum Gasteiger partial charge on any atom is -0.324 e. The van der Waals surface area contributed by atoms with E-state index < -0.39 is 32.9 Å². The summed E-state index contributed by atoms with van der Waals surface area (Å²) in [6.07, 6.45) is -2.24. The zero-order valence-corrected chi connectivity index (χ0v) is 20.6. The molecule has 190 valence electrons. The van der Waals surface area contributed by atoms with Crippen LogP contribution in [0.15, 0.2) is 65.8 Å². The van der Waals surface area contributed by atoms with Gasteiger partial charge in [-0.05, 0) is 55.3 Å². The molecule has 0 atom stereocenters. The van der Waals surface area contributed by atoms with Crippen LogP contribution in [0.3, 0.4) is 0 Å². The number of sulfone groups is 1. The van der Waals surface area contributed by atoms with Crippen molar-refractivity contribution < 1.29 is 31.2 Å². The summed E-state index contributed by atoms with van der Waals surface area (Å²) >= 11 is 0. The van der Waals surface area contributed by atoms with Gasteiger partial charge in [-0.25, -0.2) is 8.42 Å². The molecule has 0 aliphatic rings. The van der Waals surface area contributed by atoms with E-state index in [1.54, 1.807) is 32.9 Å². The molecule has 2 aromatic heterocycles. The maximum Gasteiger partial charge on any atom is 0.433 e. The van der Waals surface area contributed by atoms with E-state index >= 15 is 0 Å². The summed E-state index contributed by atoms with van der Waals surface area (Å²) < 4.78 is 62.1. The number of amides is 1. The van der Waals surface area contributed by atoms with Crippen molar-refractivity contribution in [1.29, 1.82) is 0 Å². The van der Waals surface area contributed by atoms with Gasteiger partial charge in [0.2, 0.25) is 5.91 Å². The highest BCUT2D eigenvalue weighted by atomic mass is 32.2. The van der Waals surface area contributed by atoms with E-state index in [0.29, 0.717) is 16.8 Å². The van der Waals surface area contributed by atoms with Crippen LogP contribution in [0, 0.1) is 0 Å². The number of carbonyl (C=O) groups excluding carboxylic acids is 2. The molecule has 7 nitrogen and oxygen atoms in total. The van der Waals surface area contributed by atoms with Crippen molar-refractivity contribution in [2.45, 2.75) is 43.7 Å². The van der Waals surface area contributed by atoms with Crippen LogP contribution < -0.4 is 5.32 Å². The Kier molecular flexibility index (Phi) is 7.63. The molecular formula is C25H24F3N3O4S.